The Labute approximate surface area is 184 Å². The maximum Gasteiger partial charge on any atom is 0.341 e. The Morgan fingerprint density at radius 3 is 2.35 bits per heavy atom. The number of thiophene rings is 1. The van der Waals surface area contributed by atoms with E-state index in [0.29, 0.717) is 30.0 Å². The number of esters is 1. The first kappa shape index (κ1) is 22.6. The number of allylic oxidation sites excluding steroid dienone is 2. The van der Waals surface area contributed by atoms with Crippen molar-refractivity contribution in [2.24, 2.45) is 11.8 Å². The molecule has 0 unspecified atom stereocenters. The number of rotatable bonds is 7. The van der Waals surface area contributed by atoms with Crippen LogP contribution in [0.15, 0.2) is 36.4 Å². The van der Waals surface area contributed by atoms with Crippen LogP contribution in [0, 0.1) is 18.8 Å². The van der Waals surface area contributed by atoms with E-state index in [4.69, 9.17) is 9.47 Å². The van der Waals surface area contributed by atoms with Crippen molar-refractivity contribution in [2.75, 3.05) is 19.0 Å². The minimum absolute atomic E-state index is 0.265. The molecule has 3 rings (SSSR count). The lowest BCUT2D eigenvalue weighted by atomic mass is 9.82. The first-order valence-electron chi connectivity index (χ1n) is 10.0. The minimum atomic E-state index is -1.00. The first-order chi connectivity index (χ1) is 14.9. The van der Waals surface area contributed by atoms with Crippen LogP contribution < -0.4 is 10.1 Å². The molecule has 0 fully saturated rings. The van der Waals surface area contributed by atoms with Gasteiger partial charge in [0.1, 0.15) is 16.3 Å². The standard InChI is InChI=1S/C23H25NO6S/c1-4-30-15-11-9-14(10-12-15)18-13(2)31-21(19(18)23(28)29-3)24-20(25)16-7-5-6-8-17(16)22(26)27/h5-6,9-12,16-17H,4,7-8H2,1-3H3,(H,24,25)(H,26,27)/t16-,17-/m0/s1. The van der Waals surface area contributed by atoms with E-state index in [1.807, 2.05) is 44.2 Å². The number of aliphatic carboxylic acids is 1. The van der Waals surface area contributed by atoms with Crippen molar-refractivity contribution >= 4 is 34.2 Å². The maximum atomic E-state index is 12.9. The Hall–Kier alpha value is -3.13. The van der Waals surface area contributed by atoms with Crippen LogP contribution in [0.4, 0.5) is 5.00 Å². The Morgan fingerprint density at radius 1 is 1.13 bits per heavy atom. The predicted molar refractivity (Wildman–Crippen MR) is 119 cm³/mol. The number of carboxylic acids is 1. The quantitative estimate of drug-likeness (QED) is 0.482. The summed E-state index contributed by atoms with van der Waals surface area (Å²) in [5.74, 6) is -2.77. The highest BCUT2D eigenvalue weighted by Crippen LogP contribution is 2.41. The van der Waals surface area contributed by atoms with Crippen molar-refractivity contribution in [2.45, 2.75) is 26.7 Å². The zero-order valence-electron chi connectivity index (χ0n) is 17.6. The molecule has 1 aromatic heterocycles. The molecule has 1 aliphatic carbocycles. The summed E-state index contributed by atoms with van der Waals surface area (Å²) in [6.07, 6.45) is 4.24. The third-order valence-electron chi connectivity index (χ3n) is 5.25. The van der Waals surface area contributed by atoms with Gasteiger partial charge in [-0.2, -0.15) is 0 Å². The highest BCUT2D eigenvalue weighted by Gasteiger charge is 2.35. The van der Waals surface area contributed by atoms with Gasteiger partial charge < -0.3 is 19.9 Å². The number of hydrogen-bond donors (Lipinski definition) is 2. The number of hydrogen-bond acceptors (Lipinski definition) is 6. The molecule has 2 atom stereocenters. The summed E-state index contributed by atoms with van der Waals surface area (Å²) in [5, 5.41) is 12.6. The zero-order valence-corrected chi connectivity index (χ0v) is 18.5. The van der Waals surface area contributed by atoms with Gasteiger partial charge in [-0.1, -0.05) is 24.3 Å². The largest absolute Gasteiger partial charge is 0.494 e. The first-order valence-corrected chi connectivity index (χ1v) is 10.8. The van der Waals surface area contributed by atoms with Crippen molar-refractivity contribution in [3.63, 3.8) is 0 Å². The Morgan fingerprint density at radius 2 is 1.77 bits per heavy atom. The second-order valence-electron chi connectivity index (χ2n) is 7.17. The summed E-state index contributed by atoms with van der Waals surface area (Å²) in [4.78, 5) is 38.0. The van der Waals surface area contributed by atoms with Crippen LogP contribution in [0.25, 0.3) is 11.1 Å². The van der Waals surface area contributed by atoms with E-state index in [1.54, 1.807) is 6.08 Å². The lowest BCUT2D eigenvalue weighted by molar-refractivity contribution is -0.146. The van der Waals surface area contributed by atoms with E-state index in [-0.39, 0.29) is 5.56 Å². The molecule has 1 aliphatic rings. The molecular weight excluding hydrogens is 418 g/mol. The maximum absolute atomic E-state index is 12.9. The summed E-state index contributed by atoms with van der Waals surface area (Å²) in [6.45, 7) is 4.31. The molecule has 164 valence electrons. The highest BCUT2D eigenvalue weighted by atomic mass is 32.1. The number of carboxylic acid groups (broad SMARTS) is 1. The van der Waals surface area contributed by atoms with Gasteiger partial charge in [-0.05, 0) is 44.4 Å². The zero-order chi connectivity index (χ0) is 22.5. The van der Waals surface area contributed by atoms with Crippen LogP contribution in [-0.2, 0) is 14.3 Å². The van der Waals surface area contributed by atoms with Crippen molar-refractivity contribution in [1.82, 2.24) is 0 Å². The summed E-state index contributed by atoms with van der Waals surface area (Å²) in [7, 11) is 1.29. The average molecular weight is 444 g/mol. The number of amides is 1. The molecule has 2 aromatic rings. The van der Waals surface area contributed by atoms with Crippen LogP contribution in [0.2, 0.25) is 0 Å². The Balaban J connectivity index is 1.96. The van der Waals surface area contributed by atoms with Gasteiger partial charge in [0.15, 0.2) is 0 Å². The minimum Gasteiger partial charge on any atom is -0.494 e. The van der Waals surface area contributed by atoms with Crippen LogP contribution in [0.3, 0.4) is 0 Å². The fourth-order valence-electron chi connectivity index (χ4n) is 3.74. The smallest absolute Gasteiger partial charge is 0.341 e. The molecule has 0 aliphatic heterocycles. The van der Waals surface area contributed by atoms with Gasteiger partial charge in [0.05, 0.1) is 25.6 Å². The number of carbonyl (C=O) groups excluding carboxylic acids is 2. The number of aryl methyl sites for hydroxylation is 1. The number of benzene rings is 1. The molecule has 1 aromatic carbocycles. The third-order valence-corrected chi connectivity index (χ3v) is 6.27. The molecule has 0 bridgehead atoms. The molecule has 1 heterocycles. The number of ether oxygens (including phenoxy) is 2. The molecule has 1 amide bonds. The monoisotopic (exact) mass is 443 g/mol. The lowest BCUT2D eigenvalue weighted by Gasteiger charge is -2.24. The molecule has 7 nitrogen and oxygen atoms in total. The van der Waals surface area contributed by atoms with Gasteiger partial charge in [-0.3, -0.25) is 9.59 Å². The highest BCUT2D eigenvalue weighted by molar-refractivity contribution is 7.17. The van der Waals surface area contributed by atoms with E-state index < -0.39 is 29.7 Å². The summed E-state index contributed by atoms with van der Waals surface area (Å²) >= 11 is 1.27. The number of methoxy groups -OCH3 is 1. The van der Waals surface area contributed by atoms with E-state index in [2.05, 4.69) is 5.32 Å². The average Bonchev–Trinajstić information content (AvgIpc) is 3.09. The fraction of sp³-hybridized carbons (Fsp3) is 0.348. The van der Waals surface area contributed by atoms with Gasteiger partial charge in [0.25, 0.3) is 0 Å². The SMILES string of the molecule is CCOc1ccc(-c2c(C)sc(NC(=O)[C@H]3CC=CC[C@@H]3C(=O)O)c2C(=O)OC)cc1. The molecule has 0 saturated carbocycles. The fourth-order valence-corrected chi connectivity index (χ4v) is 4.81. The van der Waals surface area contributed by atoms with Crippen molar-refractivity contribution < 1.29 is 29.0 Å². The lowest BCUT2D eigenvalue weighted by Crippen LogP contribution is -2.34. The van der Waals surface area contributed by atoms with Gasteiger partial charge in [0, 0.05) is 10.4 Å². The van der Waals surface area contributed by atoms with Crippen LogP contribution in [0.1, 0.15) is 35.0 Å². The van der Waals surface area contributed by atoms with Crippen molar-refractivity contribution in [1.29, 1.82) is 0 Å². The number of anilines is 1. The molecule has 0 spiro atoms. The summed E-state index contributed by atoms with van der Waals surface area (Å²) in [6, 6.07) is 7.34. The van der Waals surface area contributed by atoms with E-state index in [0.717, 1.165) is 16.2 Å². The summed E-state index contributed by atoms with van der Waals surface area (Å²) < 4.78 is 10.5. The molecule has 31 heavy (non-hydrogen) atoms. The van der Waals surface area contributed by atoms with Crippen molar-refractivity contribution in [3.8, 4) is 16.9 Å². The van der Waals surface area contributed by atoms with Gasteiger partial charge in [-0.25, -0.2) is 4.79 Å². The molecule has 0 radical (unpaired) electrons. The molecule has 0 saturated heterocycles. The van der Waals surface area contributed by atoms with E-state index in [1.165, 1.54) is 18.4 Å². The molecular formula is C23H25NO6S. The summed E-state index contributed by atoms with van der Waals surface area (Å²) in [5.41, 5.74) is 1.73. The number of carbonyl (C=O) groups is 3. The molecule has 8 heteroatoms. The van der Waals surface area contributed by atoms with Crippen LogP contribution in [-0.4, -0.2) is 36.7 Å². The van der Waals surface area contributed by atoms with Gasteiger partial charge in [-0.15, -0.1) is 11.3 Å². The van der Waals surface area contributed by atoms with E-state index >= 15 is 0 Å². The van der Waals surface area contributed by atoms with Gasteiger partial charge in [0.2, 0.25) is 5.91 Å². The second-order valence-corrected chi connectivity index (χ2v) is 8.39. The normalized spacial score (nSPS) is 17.8. The van der Waals surface area contributed by atoms with Crippen LogP contribution in [0.5, 0.6) is 5.75 Å². The van der Waals surface area contributed by atoms with E-state index in [9.17, 15) is 19.5 Å². The van der Waals surface area contributed by atoms with Crippen molar-refractivity contribution in [3.05, 3.63) is 46.9 Å². The van der Waals surface area contributed by atoms with Gasteiger partial charge >= 0.3 is 11.9 Å². The second kappa shape index (κ2) is 9.78. The Bertz CT molecular complexity index is 1010. The third kappa shape index (κ3) is 4.80. The molecule has 2 N–H and O–H groups in total. The number of nitrogens with one attached hydrogen (secondary N) is 1. The van der Waals surface area contributed by atoms with Crippen LogP contribution >= 0.6 is 11.3 Å². The topological polar surface area (TPSA) is 102 Å². The Kier molecular flexibility index (Phi) is 7.12. The predicted octanol–water partition coefficient (Wildman–Crippen LogP) is 4.51.